The van der Waals surface area contributed by atoms with Crippen molar-refractivity contribution >= 4 is 41.8 Å². The highest BCUT2D eigenvalue weighted by Crippen LogP contribution is 2.60. The first kappa shape index (κ1) is 52.1. The van der Waals surface area contributed by atoms with E-state index in [1.807, 2.05) is 97.1 Å². The molecule has 1 aliphatic carbocycles. The molecule has 2 N–H and O–H groups in total. The van der Waals surface area contributed by atoms with Crippen LogP contribution in [0, 0.1) is 10.8 Å². The maximum Gasteiger partial charge on any atom is 0.348 e. The van der Waals surface area contributed by atoms with Gasteiger partial charge < -0.3 is 43.7 Å². The van der Waals surface area contributed by atoms with Crippen LogP contribution >= 0.6 is 0 Å². The number of nitrogens with zero attached hydrogens (tertiary/aromatic N) is 2. The second kappa shape index (κ2) is 20.9. The van der Waals surface area contributed by atoms with Gasteiger partial charge in [-0.25, -0.2) is 9.59 Å². The average Bonchev–Trinajstić information content (AvgIpc) is 4.04. The van der Waals surface area contributed by atoms with Crippen LogP contribution in [0.4, 0.5) is 0 Å². The Labute approximate surface area is 430 Å². The first-order chi connectivity index (χ1) is 35.3. The van der Waals surface area contributed by atoms with Crippen molar-refractivity contribution in [1.82, 2.24) is 15.3 Å². The molecule has 17 heteroatoms. The monoisotopic (exact) mass is 1010 g/mol. The Balaban J connectivity index is 1.06. The van der Waals surface area contributed by atoms with Crippen molar-refractivity contribution in [3.63, 3.8) is 0 Å². The zero-order chi connectivity index (χ0) is 52.6. The third-order valence-corrected chi connectivity index (χ3v) is 14.4. The normalized spacial score (nSPS) is 26.3. The van der Waals surface area contributed by atoms with Gasteiger partial charge in [-0.3, -0.25) is 24.0 Å². The van der Waals surface area contributed by atoms with Gasteiger partial charge in [0.1, 0.15) is 48.1 Å². The lowest BCUT2D eigenvalue weighted by Crippen LogP contribution is -2.70. The third-order valence-electron chi connectivity index (χ3n) is 14.4. The molecule has 390 valence electrons. The number of aliphatic hydroxyl groups excluding tert-OH is 1. The van der Waals surface area contributed by atoms with Crippen LogP contribution in [0.1, 0.15) is 81.7 Å². The van der Waals surface area contributed by atoms with E-state index in [9.17, 15) is 29.1 Å². The molecule has 4 heterocycles. The Morgan fingerprint density at radius 3 is 2.12 bits per heavy atom. The molecule has 74 heavy (non-hydrogen) atoms. The quantitative estimate of drug-likeness (QED) is 0.0778. The second-order valence-electron chi connectivity index (χ2n) is 21.4. The molecular formula is C57H63N3O14. The van der Waals surface area contributed by atoms with Crippen molar-refractivity contribution < 1.29 is 67.1 Å². The zero-order valence-electron chi connectivity index (χ0n) is 42.3. The summed E-state index contributed by atoms with van der Waals surface area (Å²) >= 11 is 0. The maximum atomic E-state index is 16.1. The number of hydrogen-bond acceptors (Lipinski definition) is 15. The predicted molar refractivity (Wildman–Crippen MR) is 265 cm³/mol. The van der Waals surface area contributed by atoms with Crippen LogP contribution in [-0.2, 0) is 80.8 Å². The SMILES string of the molecule is CN(C(=O)[C@@]12C[C@H]3OC(=O)[C@@H]1N(Cc1cccc(C=CC(=O)O[C@H]4C(=O)OCC4(C)C)c1)O[C@@H]2[C@H]1OC(c2ccccc2)(c2ccccc2)O[C@H]13)[C@H](Cc1ccccc1)C(=O)N[C@H](CO)CCC(=O)OC(C)(C)C. The topological polar surface area (TPSA) is 206 Å². The molecule has 4 aromatic carbocycles. The number of hydroxylamine groups is 2. The molecule has 0 aromatic heterocycles. The molecule has 9 atom stereocenters. The molecule has 4 aromatic rings. The number of nitrogens with one attached hydrogen (secondary N) is 1. The highest BCUT2D eigenvalue weighted by atomic mass is 16.8. The summed E-state index contributed by atoms with van der Waals surface area (Å²) in [5.74, 6) is -5.25. The van der Waals surface area contributed by atoms with Gasteiger partial charge in [-0.1, -0.05) is 129 Å². The van der Waals surface area contributed by atoms with Crippen molar-refractivity contribution in [1.29, 1.82) is 0 Å². The fourth-order valence-corrected chi connectivity index (χ4v) is 10.8. The Morgan fingerprint density at radius 2 is 1.50 bits per heavy atom. The van der Waals surface area contributed by atoms with Gasteiger partial charge in [-0.15, -0.1) is 0 Å². The largest absolute Gasteiger partial charge is 0.462 e. The van der Waals surface area contributed by atoms with Crippen molar-refractivity contribution in [3.05, 3.63) is 149 Å². The second-order valence-corrected chi connectivity index (χ2v) is 21.4. The van der Waals surface area contributed by atoms with E-state index in [1.54, 1.807) is 58.9 Å². The Hall–Kier alpha value is -6.76. The van der Waals surface area contributed by atoms with Crippen molar-refractivity contribution in [2.75, 3.05) is 20.3 Å². The number of esters is 4. The summed E-state index contributed by atoms with van der Waals surface area (Å²) in [6.07, 6.45) is -2.39. The van der Waals surface area contributed by atoms with Crippen molar-refractivity contribution in [3.8, 4) is 0 Å². The first-order valence-corrected chi connectivity index (χ1v) is 25.0. The van der Waals surface area contributed by atoms with Gasteiger partial charge in [0.25, 0.3) is 0 Å². The number of carbonyl (C=O) groups excluding carboxylic acids is 6. The van der Waals surface area contributed by atoms with E-state index in [0.717, 1.165) is 5.56 Å². The minimum absolute atomic E-state index is 0.0432. The molecule has 0 radical (unpaired) electrons. The number of fused-ring (bicyclic) bond motifs is 4. The molecule has 4 saturated heterocycles. The molecule has 4 aliphatic heterocycles. The summed E-state index contributed by atoms with van der Waals surface area (Å²) < 4.78 is 36.7. The molecule has 5 aliphatic rings. The van der Waals surface area contributed by atoms with E-state index >= 15 is 4.79 Å². The number of cyclic esters (lactones) is 1. The van der Waals surface area contributed by atoms with E-state index in [4.69, 9.17) is 33.3 Å². The van der Waals surface area contributed by atoms with E-state index in [1.165, 1.54) is 23.1 Å². The Bertz CT molecular complexity index is 2720. The van der Waals surface area contributed by atoms with Crippen molar-refractivity contribution in [2.24, 2.45) is 10.8 Å². The van der Waals surface area contributed by atoms with Crippen LogP contribution in [0.3, 0.4) is 0 Å². The maximum absolute atomic E-state index is 16.1. The summed E-state index contributed by atoms with van der Waals surface area (Å²) in [6.45, 7) is 8.40. The number of hydrogen-bond donors (Lipinski definition) is 2. The average molecular weight is 1010 g/mol. The van der Waals surface area contributed by atoms with E-state index in [-0.39, 0.29) is 38.8 Å². The zero-order valence-corrected chi connectivity index (χ0v) is 42.3. The molecule has 1 saturated carbocycles. The minimum Gasteiger partial charge on any atom is -0.462 e. The molecule has 17 nitrogen and oxygen atoms in total. The van der Waals surface area contributed by atoms with Crippen LogP contribution in [0.2, 0.25) is 0 Å². The minimum atomic E-state index is -1.72. The van der Waals surface area contributed by atoms with Crippen LogP contribution < -0.4 is 5.32 Å². The summed E-state index contributed by atoms with van der Waals surface area (Å²) in [5.41, 5.74) is 0.146. The molecular weight excluding hydrogens is 951 g/mol. The predicted octanol–water partition coefficient (Wildman–Crippen LogP) is 5.35. The Kier molecular flexibility index (Phi) is 14.7. The van der Waals surface area contributed by atoms with Crippen LogP contribution in [-0.4, -0.2) is 125 Å². The first-order valence-electron chi connectivity index (χ1n) is 25.0. The fraction of sp³-hybridized carbons (Fsp3) is 0.439. The molecule has 2 amide bonds. The van der Waals surface area contributed by atoms with Gasteiger partial charge in [0.2, 0.25) is 23.7 Å². The molecule has 0 spiro atoms. The lowest BCUT2D eigenvalue weighted by Gasteiger charge is -2.50. The van der Waals surface area contributed by atoms with Gasteiger partial charge in [-0.2, -0.15) is 5.06 Å². The molecule has 0 unspecified atom stereocenters. The number of carbonyl (C=O) groups is 6. The number of likely N-dealkylation sites (N-methyl/N-ethyl adjacent to an activating group) is 1. The number of amides is 2. The highest BCUT2D eigenvalue weighted by molar-refractivity contribution is 5.96. The number of ether oxygens (including phenoxy) is 6. The van der Waals surface area contributed by atoms with E-state index < -0.39 is 113 Å². The molecule has 5 fully saturated rings. The number of aliphatic hydroxyl groups is 1. The van der Waals surface area contributed by atoms with Gasteiger partial charge in [0.15, 0.2) is 6.04 Å². The van der Waals surface area contributed by atoms with E-state index in [2.05, 4.69) is 5.32 Å². The molecule has 9 rings (SSSR count). The third kappa shape index (κ3) is 10.4. The lowest BCUT2D eigenvalue weighted by atomic mass is 9.62. The van der Waals surface area contributed by atoms with Crippen LogP contribution in [0.25, 0.3) is 6.08 Å². The van der Waals surface area contributed by atoms with Gasteiger partial charge >= 0.3 is 23.9 Å². The fourth-order valence-electron chi connectivity index (χ4n) is 10.8. The summed E-state index contributed by atoms with van der Waals surface area (Å²) in [4.78, 5) is 92.0. The van der Waals surface area contributed by atoms with Gasteiger partial charge in [-0.05, 0) is 50.0 Å². The standard InChI is InChI=1S/C57H63N3O14/c1-54(2,3)71-44(63)28-26-40(33-61)58-50(64)41(30-35-17-10-7-11-18-35)59(6)53(67)56-31-42-45-46(73-57(72-45,38-21-12-8-13-22-38)39-23-14-9-15-24-39)48(56)74-60(47(56)51(65)69-42)32-37-20-16-19-36(29-37)25-27-43(62)70-49-52(66)68-34-55(49,4)5/h7-25,27,29,40-42,45-49,61H,26,28,30-34H2,1-6H3,(H,58,64)/t40-,41+,42+,45-,46-,47-,48+,49-,56-/m0/s1. The summed E-state index contributed by atoms with van der Waals surface area (Å²) in [5, 5.41) is 14.8. The van der Waals surface area contributed by atoms with Crippen LogP contribution in [0.15, 0.2) is 121 Å². The number of benzene rings is 4. The van der Waals surface area contributed by atoms with Crippen molar-refractivity contribution in [2.45, 2.75) is 127 Å². The molecule has 2 bridgehead atoms. The summed E-state index contributed by atoms with van der Waals surface area (Å²) in [7, 11) is 1.52. The van der Waals surface area contributed by atoms with E-state index in [0.29, 0.717) is 22.3 Å². The highest BCUT2D eigenvalue weighted by Gasteiger charge is 2.77. The Morgan fingerprint density at radius 1 is 0.865 bits per heavy atom. The van der Waals surface area contributed by atoms with Gasteiger partial charge in [0, 0.05) is 48.9 Å². The van der Waals surface area contributed by atoms with Gasteiger partial charge in [0.05, 0.1) is 19.2 Å². The lowest BCUT2D eigenvalue weighted by molar-refractivity contribution is -0.214. The number of rotatable bonds is 17. The summed E-state index contributed by atoms with van der Waals surface area (Å²) in [6, 6.07) is 31.6. The smallest absolute Gasteiger partial charge is 0.348 e. The van der Waals surface area contributed by atoms with Crippen LogP contribution in [0.5, 0.6) is 0 Å².